The van der Waals surface area contributed by atoms with Crippen molar-refractivity contribution in [3.8, 4) is 17.6 Å². The number of hydrogen-bond donors (Lipinski definition) is 0. The molecule has 0 aromatic heterocycles. The number of carbonyl (C=O) groups excluding carboxylic acids is 1. The Hall–Kier alpha value is -2.22. The fourth-order valence-electron chi connectivity index (χ4n) is 3.78. The molecule has 0 radical (unpaired) electrons. The van der Waals surface area contributed by atoms with E-state index in [1.54, 1.807) is 12.1 Å². The van der Waals surface area contributed by atoms with Crippen molar-refractivity contribution < 1.29 is 9.53 Å². The van der Waals surface area contributed by atoms with Crippen molar-refractivity contribution in [3.05, 3.63) is 59.7 Å². The first-order valence-corrected chi connectivity index (χ1v) is 9.14. The van der Waals surface area contributed by atoms with Gasteiger partial charge >= 0.3 is 0 Å². The Morgan fingerprint density at radius 2 is 1.89 bits per heavy atom. The predicted octanol–water partition coefficient (Wildman–Crippen LogP) is 5.48. The van der Waals surface area contributed by atoms with Gasteiger partial charge in [0.25, 0.3) is 0 Å². The molecule has 2 aromatic rings. The minimum atomic E-state index is -0.501. The molecule has 150 valence electrons. The van der Waals surface area contributed by atoms with Gasteiger partial charge in [-0.2, -0.15) is 5.26 Å². The van der Waals surface area contributed by atoms with Gasteiger partial charge in [0.15, 0.2) is 0 Å². The molecule has 1 aliphatic rings. The van der Waals surface area contributed by atoms with E-state index in [4.69, 9.17) is 4.74 Å². The van der Waals surface area contributed by atoms with Gasteiger partial charge in [0.2, 0.25) is 5.91 Å². The number of ether oxygens (including phenoxy) is 1. The largest absolute Gasteiger partial charge is 0.456 e. The maximum absolute atomic E-state index is 13.1. The molecule has 0 N–H and O–H groups in total. The predicted molar refractivity (Wildman–Crippen MR) is 116 cm³/mol. The maximum Gasteiger partial charge on any atom is 0.232 e. The molecule has 2 aromatic carbocycles. The van der Waals surface area contributed by atoms with Crippen LogP contribution >= 0.6 is 24.8 Å². The summed E-state index contributed by atoms with van der Waals surface area (Å²) >= 11 is 0. The lowest BCUT2D eigenvalue weighted by molar-refractivity contribution is -0.135. The quantitative estimate of drug-likeness (QED) is 0.657. The molecule has 1 atom stereocenters. The van der Waals surface area contributed by atoms with Gasteiger partial charge in [-0.05, 0) is 49.1 Å². The Balaban J connectivity index is 0.00000196. The van der Waals surface area contributed by atoms with Crippen molar-refractivity contribution in [2.75, 3.05) is 13.6 Å². The highest BCUT2D eigenvalue weighted by Gasteiger charge is 2.41. The Kier molecular flexibility index (Phi) is 8.81. The van der Waals surface area contributed by atoms with Crippen molar-refractivity contribution in [3.63, 3.8) is 0 Å². The molecule has 1 fully saturated rings. The molecule has 28 heavy (non-hydrogen) atoms. The number of rotatable bonds is 4. The summed E-state index contributed by atoms with van der Waals surface area (Å²) in [5, 5.41) is 9.25. The number of carbonyl (C=O) groups is 1. The van der Waals surface area contributed by atoms with Crippen LogP contribution in [0.4, 0.5) is 0 Å². The summed E-state index contributed by atoms with van der Waals surface area (Å²) in [4.78, 5) is 15.0. The Morgan fingerprint density at radius 1 is 1.14 bits per heavy atom. The van der Waals surface area contributed by atoms with Crippen molar-refractivity contribution in [2.45, 2.75) is 38.0 Å². The first-order chi connectivity index (χ1) is 12.6. The normalized spacial score (nSPS) is 18.9. The number of para-hydroxylation sites is 1. The van der Waals surface area contributed by atoms with E-state index in [1.165, 1.54) is 0 Å². The second-order valence-electron chi connectivity index (χ2n) is 6.86. The van der Waals surface area contributed by atoms with Gasteiger partial charge in [-0.15, -0.1) is 24.8 Å². The van der Waals surface area contributed by atoms with Crippen LogP contribution < -0.4 is 4.74 Å². The molecule has 0 spiro atoms. The van der Waals surface area contributed by atoms with Crippen molar-refractivity contribution in [1.29, 1.82) is 5.26 Å². The molecule has 1 aliphatic heterocycles. The van der Waals surface area contributed by atoms with Crippen molar-refractivity contribution in [2.24, 2.45) is 0 Å². The number of amides is 1. The highest BCUT2D eigenvalue weighted by Crippen LogP contribution is 2.39. The van der Waals surface area contributed by atoms with Crippen LogP contribution in [0.25, 0.3) is 0 Å². The smallest absolute Gasteiger partial charge is 0.232 e. The summed E-state index contributed by atoms with van der Waals surface area (Å²) in [6.45, 7) is 2.89. The summed E-state index contributed by atoms with van der Waals surface area (Å²) in [5.74, 6) is 1.37. The van der Waals surface area contributed by atoms with Gasteiger partial charge in [-0.3, -0.25) is 4.79 Å². The molecule has 1 heterocycles. The monoisotopic (exact) mass is 420 g/mol. The number of nitriles is 1. The van der Waals surface area contributed by atoms with Crippen LogP contribution in [-0.2, 0) is 10.2 Å². The first-order valence-electron chi connectivity index (χ1n) is 9.14. The third-order valence-electron chi connectivity index (χ3n) is 5.33. The molecular weight excluding hydrogens is 395 g/mol. The van der Waals surface area contributed by atoms with Crippen LogP contribution in [0.5, 0.6) is 11.5 Å². The lowest BCUT2D eigenvalue weighted by Gasteiger charge is -2.33. The third-order valence-corrected chi connectivity index (χ3v) is 5.33. The topological polar surface area (TPSA) is 53.3 Å². The fraction of sp³-hybridized carbons (Fsp3) is 0.364. The summed E-state index contributed by atoms with van der Waals surface area (Å²) in [7, 11) is 1.89. The number of likely N-dealkylation sites (tertiary alicyclic amines) is 1. The average Bonchev–Trinajstić information content (AvgIpc) is 2.82. The zero-order chi connectivity index (χ0) is 18.6. The van der Waals surface area contributed by atoms with Crippen LogP contribution in [-0.4, -0.2) is 24.4 Å². The van der Waals surface area contributed by atoms with E-state index in [1.807, 2.05) is 48.3 Å². The second kappa shape index (κ2) is 10.4. The molecule has 1 unspecified atom stereocenters. The number of halogens is 2. The van der Waals surface area contributed by atoms with Gasteiger partial charge in [-0.1, -0.05) is 37.6 Å². The molecule has 1 saturated heterocycles. The minimum absolute atomic E-state index is 0. The standard InChI is InChI=1S/C22H24N2O2.2ClH/c1-3-22(13-6-7-14-24(2)21(22)25)18-10-8-11-19(15-18)26-20-12-5-4-9-17(20)16-23;;/h4-5,8-12,15H,3,6-7,13-14H2,1-2H3;2*1H. The van der Waals surface area contributed by atoms with Crippen molar-refractivity contribution >= 4 is 30.7 Å². The zero-order valence-corrected chi connectivity index (χ0v) is 17.8. The van der Waals surface area contributed by atoms with Gasteiger partial charge in [0.1, 0.15) is 17.6 Å². The van der Waals surface area contributed by atoms with Gasteiger partial charge in [0.05, 0.1) is 11.0 Å². The Bertz CT molecular complexity index is 850. The highest BCUT2D eigenvalue weighted by atomic mass is 35.5. The summed E-state index contributed by atoms with van der Waals surface area (Å²) < 4.78 is 5.97. The van der Waals surface area contributed by atoms with Crippen LogP contribution in [0.1, 0.15) is 43.7 Å². The van der Waals surface area contributed by atoms with Crippen LogP contribution in [0.2, 0.25) is 0 Å². The highest BCUT2D eigenvalue weighted by molar-refractivity contribution is 5.88. The summed E-state index contributed by atoms with van der Waals surface area (Å²) in [6.07, 6.45) is 3.68. The SMILES string of the molecule is CCC1(c2cccc(Oc3ccccc3C#N)c2)CCCCN(C)C1=O.Cl.Cl. The van der Waals surface area contributed by atoms with Gasteiger partial charge < -0.3 is 9.64 Å². The molecular formula is C22H26Cl2N2O2. The third kappa shape index (κ3) is 4.60. The number of benzene rings is 2. The summed E-state index contributed by atoms with van der Waals surface area (Å²) in [6, 6.07) is 17.1. The average molecular weight is 421 g/mol. The lowest BCUT2D eigenvalue weighted by atomic mass is 9.73. The molecule has 3 rings (SSSR count). The summed E-state index contributed by atoms with van der Waals surface area (Å²) in [5.41, 5.74) is 0.985. The van der Waals surface area contributed by atoms with Gasteiger partial charge in [0, 0.05) is 13.6 Å². The van der Waals surface area contributed by atoms with E-state index in [0.29, 0.717) is 17.1 Å². The molecule has 0 saturated carbocycles. The maximum atomic E-state index is 13.1. The second-order valence-corrected chi connectivity index (χ2v) is 6.86. The lowest BCUT2D eigenvalue weighted by Crippen LogP contribution is -2.43. The Labute approximate surface area is 179 Å². The number of likely N-dealkylation sites (N-methyl/N-ethyl adjacent to an activating group) is 1. The van der Waals surface area contributed by atoms with E-state index < -0.39 is 5.41 Å². The number of hydrogen-bond acceptors (Lipinski definition) is 3. The molecule has 4 nitrogen and oxygen atoms in total. The van der Waals surface area contributed by atoms with E-state index in [-0.39, 0.29) is 30.7 Å². The van der Waals surface area contributed by atoms with Gasteiger partial charge in [-0.25, -0.2) is 0 Å². The first kappa shape index (κ1) is 23.8. The molecule has 0 aliphatic carbocycles. The Morgan fingerprint density at radius 3 is 2.61 bits per heavy atom. The van der Waals surface area contributed by atoms with Crippen LogP contribution in [0.15, 0.2) is 48.5 Å². The van der Waals surface area contributed by atoms with E-state index in [9.17, 15) is 10.1 Å². The van der Waals surface area contributed by atoms with Crippen molar-refractivity contribution in [1.82, 2.24) is 4.90 Å². The molecule has 1 amide bonds. The molecule has 6 heteroatoms. The molecule has 0 bridgehead atoms. The zero-order valence-electron chi connectivity index (χ0n) is 16.2. The van der Waals surface area contributed by atoms with Crippen LogP contribution in [0.3, 0.4) is 0 Å². The van der Waals surface area contributed by atoms with E-state index in [0.717, 1.165) is 37.8 Å². The fourth-order valence-corrected chi connectivity index (χ4v) is 3.78. The number of nitrogens with zero attached hydrogens (tertiary/aromatic N) is 2. The van der Waals surface area contributed by atoms with E-state index >= 15 is 0 Å². The minimum Gasteiger partial charge on any atom is -0.456 e. The van der Waals surface area contributed by atoms with E-state index in [2.05, 4.69) is 13.0 Å². The van der Waals surface area contributed by atoms with Crippen LogP contribution in [0, 0.1) is 11.3 Å².